The summed E-state index contributed by atoms with van der Waals surface area (Å²) in [5.74, 6) is -2.87. The van der Waals surface area contributed by atoms with Crippen LogP contribution in [0.5, 0.6) is 0 Å². The van der Waals surface area contributed by atoms with Crippen LogP contribution < -0.4 is 10.9 Å². The minimum Gasteiger partial charge on any atom is -0.326 e. The molecule has 0 radical (unpaired) electrons. The number of benzene rings is 1. The molecule has 0 bridgehead atoms. The minimum atomic E-state index is -2.93. The van der Waals surface area contributed by atoms with Gasteiger partial charge in [0.05, 0.1) is 24.7 Å². The van der Waals surface area contributed by atoms with Gasteiger partial charge < -0.3 is 14.8 Å². The number of rotatable bonds is 11. The average molecular weight is 628 g/mol. The number of hydrogen-bond acceptors (Lipinski definition) is 5. The van der Waals surface area contributed by atoms with Crippen molar-refractivity contribution in [1.29, 1.82) is 5.26 Å². The number of nitrogens with zero attached hydrogens (tertiary/aromatic N) is 4. The van der Waals surface area contributed by atoms with E-state index in [4.69, 9.17) is 4.98 Å². The molecule has 3 fully saturated rings. The number of carbonyl (C=O) groups is 2. The number of anilines is 1. The van der Waals surface area contributed by atoms with Gasteiger partial charge in [-0.1, -0.05) is 39.7 Å². The lowest BCUT2D eigenvalue weighted by molar-refractivity contribution is -0.113. The van der Waals surface area contributed by atoms with Gasteiger partial charge in [0.25, 0.3) is 23.3 Å². The summed E-state index contributed by atoms with van der Waals surface area (Å²) in [7, 11) is 0. The predicted molar refractivity (Wildman–Crippen MR) is 171 cm³/mol. The van der Waals surface area contributed by atoms with E-state index in [-0.39, 0.29) is 45.9 Å². The molecule has 2 aliphatic carbocycles. The molecule has 10 heteroatoms. The molecule has 1 atom stereocenters. The second-order valence-corrected chi connectivity index (χ2v) is 13.6. The summed E-state index contributed by atoms with van der Waals surface area (Å²) in [4.78, 5) is 46.4. The Morgan fingerprint density at radius 1 is 1.04 bits per heavy atom. The molecule has 0 spiro atoms. The standard InChI is InChI=1S/C36H39F2N5O3/c1-21(2)5-4-6-22(3)26-14-30(35(46)43(18-26)27-10-11-27)33(44)41-32-16-25(15-31(40-32)24-8-9-24)28-12-7-23(17-39)13-29(28)34(45)42-19-36(37,38)20-42/h7,12-16,18,21-22,24,27H,4-6,8-11,19-20H2,1-3H3,(H,40,41,44)/t22-/m1/s1. The zero-order chi connectivity index (χ0) is 32.7. The first-order valence-electron chi connectivity index (χ1n) is 16.2. The maximum atomic E-state index is 13.8. The highest BCUT2D eigenvalue weighted by atomic mass is 19.3. The Kier molecular flexibility index (Phi) is 8.53. The van der Waals surface area contributed by atoms with Gasteiger partial charge in [0.1, 0.15) is 11.4 Å². The van der Waals surface area contributed by atoms with E-state index < -0.39 is 30.8 Å². The highest BCUT2D eigenvalue weighted by Crippen LogP contribution is 2.42. The summed E-state index contributed by atoms with van der Waals surface area (Å²) in [6.45, 7) is 5.17. The lowest BCUT2D eigenvalue weighted by Crippen LogP contribution is -2.58. The van der Waals surface area contributed by atoms with E-state index in [1.54, 1.807) is 28.8 Å². The first-order valence-corrected chi connectivity index (χ1v) is 16.2. The van der Waals surface area contributed by atoms with E-state index >= 15 is 0 Å². The summed E-state index contributed by atoms with van der Waals surface area (Å²) in [6, 6.07) is 11.9. The van der Waals surface area contributed by atoms with Crippen molar-refractivity contribution in [3.05, 3.63) is 80.9 Å². The van der Waals surface area contributed by atoms with E-state index in [2.05, 4.69) is 26.1 Å². The Labute approximate surface area is 267 Å². The summed E-state index contributed by atoms with van der Waals surface area (Å²) in [5.41, 5.74) is 2.80. The molecule has 3 heterocycles. The number of nitriles is 1. The number of alkyl halides is 2. The molecule has 8 nitrogen and oxygen atoms in total. The van der Waals surface area contributed by atoms with Crippen molar-refractivity contribution in [2.75, 3.05) is 18.4 Å². The molecular formula is C36H39F2N5O3. The number of hydrogen-bond donors (Lipinski definition) is 1. The van der Waals surface area contributed by atoms with E-state index in [1.807, 2.05) is 18.3 Å². The van der Waals surface area contributed by atoms with E-state index in [1.165, 1.54) is 6.07 Å². The number of pyridine rings is 2. The second-order valence-electron chi connectivity index (χ2n) is 13.6. The Bertz CT molecular complexity index is 1780. The molecule has 1 aliphatic heterocycles. The van der Waals surface area contributed by atoms with Gasteiger partial charge in [-0.15, -0.1) is 0 Å². The third-order valence-electron chi connectivity index (χ3n) is 9.14. The molecule has 1 N–H and O–H groups in total. The molecule has 6 rings (SSSR count). The lowest BCUT2D eigenvalue weighted by atomic mass is 9.93. The molecule has 240 valence electrons. The van der Waals surface area contributed by atoms with Crippen LogP contribution in [0.15, 0.2) is 47.4 Å². The second kappa shape index (κ2) is 12.4. The summed E-state index contributed by atoms with van der Waals surface area (Å²) < 4.78 is 29.0. The maximum absolute atomic E-state index is 13.8. The van der Waals surface area contributed by atoms with Gasteiger partial charge in [0, 0.05) is 29.4 Å². The number of nitrogens with one attached hydrogen (secondary N) is 1. The minimum absolute atomic E-state index is 0.0632. The zero-order valence-corrected chi connectivity index (χ0v) is 26.5. The van der Waals surface area contributed by atoms with Crippen LogP contribution in [0.3, 0.4) is 0 Å². The van der Waals surface area contributed by atoms with Crippen molar-refractivity contribution < 1.29 is 18.4 Å². The van der Waals surface area contributed by atoms with E-state index in [0.717, 1.165) is 61.1 Å². The molecule has 2 saturated carbocycles. The van der Waals surface area contributed by atoms with Gasteiger partial charge in [-0.3, -0.25) is 14.4 Å². The van der Waals surface area contributed by atoms with Gasteiger partial charge in [-0.25, -0.2) is 13.8 Å². The number of likely N-dealkylation sites (tertiary alicyclic amines) is 1. The monoisotopic (exact) mass is 627 g/mol. The van der Waals surface area contributed by atoms with Crippen LogP contribution in [0.4, 0.5) is 14.6 Å². The van der Waals surface area contributed by atoms with Crippen LogP contribution in [0.1, 0.15) is 121 Å². The van der Waals surface area contributed by atoms with Crippen LogP contribution in [0.25, 0.3) is 11.1 Å². The van der Waals surface area contributed by atoms with Gasteiger partial charge >= 0.3 is 0 Å². The highest BCUT2D eigenvalue weighted by Gasteiger charge is 2.46. The molecule has 3 aromatic rings. The van der Waals surface area contributed by atoms with Crippen molar-refractivity contribution in [2.24, 2.45) is 5.92 Å². The number of carbonyl (C=O) groups excluding carboxylic acids is 2. The molecule has 2 aromatic heterocycles. The molecule has 1 saturated heterocycles. The van der Waals surface area contributed by atoms with Gasteiger partial charge in [-0.2, -0.15) is 5.26 Å². The van der Waals surface area contributed by atoms with Crippen LogP contribution in [-0.2, 0) is 0 Å². The largest absolute Gasteiger partial charge is 0.326 e. The van der Waals surface area contributed by atoms with Crippen LogP contribution in [-0.4, -0.2) is 45.3 Å². The Hall–Kier alpha value is -4.39. The SMILES string of the molecule is CC(C)CCC[C@@H](C)c1cc(C(=O)Nc2cc(-c3ccc(C#N)cc3C(=O)N3CC(F)(F)C3)cc(C3CC3)n2)c(=O)n(C2CC2)c1. The van der Waals surface area contributed by atoms with Gasteiger partial charge in [-0.05, 0) is 91.0 Å². The van der Waals surface area contributed by atoms with Crippen LogP contribution >= 0.6 is 0 Å². The summed E-state index contributed by atoms with van der Waals surface area (Å²) >= 11 is 0. The Morgan fingerprint density at radius 3 is 2.41 bits per heavy atom. The lowest BCUT2D eigenvalue weighted by Gasteiger charge is -2.39. The smallest absolute Gasteiger partial charge is 0.282 e. The molecular weight excluding hydrogens is 588 g/mol. The fourth-order valence-corrected chi connectivity index (χ4v) is 6.09. The molecule has 0 unspecified atom stereocenters. The van der Waals surface area contributed by atoms with Gasteiger partial charge in [0.2, 0.25) is 0 Å². The maximum Gasteiger partial charge on any atom is 0.282 e. The van der Waals surface area contributed by atoms with Gasteiger partial charge in [0.15, 0.2) is 0 Å². The molecule has 2 amide bonds. The Morgan fingerprint density at radius 2 is 1.78 bits per heavy atom. The van der Waals surface area contributed by atoms with Crippen molar-refractivity contribution in [3.8, 4) is 17.2 Å². The number of aromatic nitrogens is 2. The van der Waals surface area contributed by atoms with Crippen molar-refractivity contribution in [3.63, 3.8) is 0 Å². The highest BCUT2D eigenvalue weighted by molar-refractivity contribution is 6.05. The van der Waals surface area contributed by atoms with Crippen LogP contribution in [0.2, 0.25) is 0 Å². The fourth-order valence-electron chi connectivity index (χ4n) is 6.09. The quantitative estimate of drug-likeness (QED) is 0.241. The topological polar surface area (TPSA) is 108 Å². The summed E-state index contributed by atoms with van der Waals surface area (Å²) in [6.07, 6.45) is 8.70. The average Bonchev–Trinajstić information content (AvgIpc) is 3.92. The normalized spacial score (nSPS) is 17.7. The van der Waals surface area contributed by atoms with Crippen molar-refractivity contribution >= 4 is 17.6 Å². The number of amides is 2. The first-order chi connectivity index (χ1) is 21.9. The first kappa shape index (κ1) is 31.6. The van der Waals surface area contributed by atoms with E-state index in [0.29, 0.717) is 17.0 Å². The molecule has 3 aliphatic rings. The van der Waals surface area contributed by atoms with Crippen molar-refractivity contribution in [2.45, 2.75) is 89.5 Å². The predicted octanol–water partition coefficient (Wildman–Crippen LogP) is 7.27. The molecule has 1 aromatic carbocycles. The third kappa shape index (κ3) is 6.88. The zero-order valence-electron chi connectivity index (χ0n) is 26.5. The Balaban J connectivity index is 1.33. The van der Waals surface area contributed by atoms with Crippen molar-refractivity contribution in [1.82, 2.24) is 14.5 Å². The van der Waals surface area contributed by atoms with E-state index in [9.17, 15) is 28.4 Å². The third-order valence-corrected chi connectivity index (χ3v) is 9.14. The number of halogens is 2. The molecule has 46 heavy (non-hydrogen) atoms. The fraction of sp³-hybridized carbons (Fsp3) is 0.472. The summed E-state index contributed by atoms with van der Waals surface area (Å²) in [5, 5.41) is 12.4. The van der Waals surface area contributed by atoms with Crippen LogP contribution in [0, 0.1) is 17.2 Å².